The summed E-state index contributed by atoms with van der Waals surface area (Å²) in [6.45, 7) is 7.07. The third-order valence-electron chi connectivity index (χ3n) is 9.75. The molecule has 9 unspecified atom stereocenters. The second kappa shape index (κ2) is 5.10. The van der Waals surface area contributed by atoms with Crippen LogP contribution in [-0.2, 0) is 14.3 Å². The van der Waals surface area contributed by atoms with Gasteiger partial charge in [0.1, 0.15) is 11.9 Å². The molecule has 0 amide bonds. The summed E-state index contributed by atoms with van der Waals surface area (Å²) in [5.74, 6) is 3.95. The molecule has 138 valence electrons. The van der Waals surface area contributed by atoms with E-state index in [2.05, 4.69) is 20.8 Å². The van der Waals surface area contributed by atoms with E-state index in [1.807, 2.05) is 0 Å². The van der Waals surface area contributed by atoms with Crippen molar-refractivity contribution in [2.24, 2.45) is 46.3 Å². The van der Waals surface area contributed by atoms with E-state index in [1.165, 1.54) is 25.7 Å². The molecular weight excluding hydrogens is 312 g/mol. The molecule has 4 saturated carbocycles. The number of hydrogen-bond donors (Lipinski definition) is 0. The highest BCUT2D eigenvalue weighted by atomic mass is 16.6. The van der Waals surface area contributed by atoms with Crippen LogP contribution in [0.2, 0.25) is 0 Å². The van der Waals surface area contributed by atoms with Gasteiger partial charge in [-0.3, -0.25) is 9.59 Å². The van der Waals surface area contributed by atoms with Gasteiger partial charge in [0.15, 0.2) is 0 Å². The number of fused-ring (bicyclic) bond motifs is 7. The maximum absolute atomic E-state index is 12.1. The van der Waals surface area contributed by atoms with Gasteiger partial charge in [-0.25, -0.2) is 0 Å². The third-order valence-corrected chi connectivity index (χ3v) is 9.75. The fourth-order valence-electron chi connectivity index (χ4n) is 8.49. The van der Waals surface area contributed by atoms with Gasteiger partial charge >= 0.3 is 5.97 Å². The van der Waals surface area contributed by atoms with Crippen LogP contribution >= 0.6 is 0 Å². The number of ketones is 1. The van der Waals surface area contributed by atoms with Crippen LogP contribution in [0, 0.1) is 46.3 Å². The van der Waals surface area contributed by atoms with Crippen LogP contribution in [0.15, 0.2) is 0 Å². The van der Waals surface area contributed by atoms with Crippen LogP contribution < -0.4 is 0 Å². The first kappa shape index (κ1) is 16.3. The number of carbonyl (C=O) groups excluding carboxylic acids is 2. The maximum Gasteiger partial charge on any atom is 0.309 e. The molecule has 4 aliphatic carbocycles. The van der Waals surface area contributed by atoms with Gasteiger partial charge in [-0.05, 0) is 73.0 Å². The van der Waals surface area contributed by atoms with Gasteiger partial charge < -0.3 is 4.74 Å². The van der Waals surface area contributed by atoms with Gasteiger partial charge in [0.05, 0.1) is 5.92 Å². The first-order valence-electron chi connectivity index (χ1n) is 10.6. The highest BCUT2D eigenvalue weighted by Crippen LogP contribution is 2.69. The van der Waals surface area contributed by atoms with Gasteiger partial charge in [-0.1, -0.05) is 20.8 Å². The Kier molecular flexibility index (Phi) is 3.33. The lowest BCUT2D eigenvalue weighted by Gasteiger charge is -2.60. The average molecular weight is 344 g/mol. The van der Waals surface area contributed by atoms with E-state index in [0.717, 1.165) is 37.5 Å². The Morgan fingerprint density at radius 3 is 2.60 bits per heavy atom. The number of Topliss-reactive ketones (excluding diaryl/α,β-unsaturated/α-hetero) is 1. The molecule has 0 radical (unpaired) electrons. The predicted molar refractivity (Wildman–Crippen MR) is 94.7 cm³/mol. The van der Waals surface area contributed by atoms with E-state index in [4.69, 9.17) is 4.74 Å². The van der Waals surface area contributed by atoms with Gasteiger partial charge in [-0.15, -0.1) is 0 Å². The third kappa shape index (κ3) is 1.99. The van der Waals surface area contributed by atoms with Gasteiger partial charge in [0.25, 0.3) is 0 Å². The summed E-state index contributed by atoms with van der Waals surface area (Å²) in [5, 5.41) is 0. The number of hydrogen-bond acceptors (Lipinski definition) is 3. The normalized spacial score (nSPS) is 57.3. The van der Waals surface area contributed by atoms with Crippen molar-refractivity contribution >= 4 is 11.8 Å². The summed E-state index contributed by atoms with van der Waals surface area (Å²) in [6, 6.07) is 0. The van der Waals surface area contributed by atoms with Gasteiger partial charge in [-0.2, -0.15) is 0 Å². The first-order valence-corrected chi connectivity index (χ1v) is 10.6. The molecule has 3 heteroatoms. The fraction of sp³-hybridized carbons (Fsp3) is 0.909. The van der Waals surface area contributed by atoms with E-state index in [-0.39, 0.29) is 23.4 Å². The molecular formula is C22H32O3. The van der Waals surface area contributed by atoms with Crippen molar-refractivity contribution in [3.63, 3.8) is 0 Å². The Hall–Kier alpha value is -0.860. The van der Waals surface area contributed by atoms with E-state index in [1.54, 1.807) is 0 Å². The van der Waals surface area contributed by atoms with Crippen molar-refractivity contribution in [2.45, 2.75) is 78.2 Å². The largest absolute Gasteiger partial charge is 0.462 e. The zero-order chi connectivity index (χ0) is 17.6. The lowest BCUT2D eigenvalue weighted by molar-refractivity contribution is -0.147. The zero-order valence-electron chi connectivity index (χ0n) is 15.9. The molecule has 1 aliphatic heterocycles. The molecule has 5 rings (SSSR count). The molecule has 5 aliphatic rings. The van der Waals surface area contributed by atoms with Crippen LogP contribution in [-0.4, -0.2) is 17.9 Å². The number of esters is 1. The maximum atomic E-state index is 12.1. The highest BCUT2D eigenvalue weighted by molar-refractivity contribution is 5.79. The van der Waals surface area contributed by atoms with Crippen molar-refractivity contribution in [3.8, 4) is 0 Å². The molecule has 0 spiro atoms. The van der Waals surface area contributed by atoms with Crippen LogP contribution in [0.25, 0.3) is 0 Å². The number of rotatable bonds is 0. The molecule has 0 aromatic carbocycles. The monoisotopic (exact) mass is 344 g/mol. The lowest BCUT2D eigenvalue weighted by Crippen LogP contribution is -2.53. The summed E-state index contributed by atoms with van der Waals surface area (Å²) in [5.41, 5.74) is 0.656. The van der Waals surface area contributed by atoms with Crippen molar-refractivity contribution in [2.75, 3.05) is 0 Å². The molecule has 0 aromatic rings. The van der Waals surface area contributed by atoms with E-state index in [0.29, 0.717) is 29.0 Å². The van der Waals surface area contributed by atoms with Crippen molar-refractivity contribution in [1.29, 1.82) is 0 Å². The molecule has 3 nitrogen and oxygen atoms in total. The van der Waals surface area contributed by atoms with E-state index >= 15 is 0 Å². The smallest absolute Gasteiger partial charge is 0.309 e. The average Bonchev–Trinajstić information content (AvgIpc) is 3.02. The van der Waals surface area contributed by atoms with Crippen LogP contribution in [0.5, 0.6) is 0 Å². The quantitative estimate of drug-likeness (QED) is 0.612. The molecule has 25 heavy (non-hydrogen) atoms. The molecule has 5 fully saturated rings. The van der Waals surface area contributed by atoms with Crippen LogP contribution in [0.3, 0.4) is 0 Å². The Morgan fingerprint density at radius 2 is 1.80 bits per heavy atom. The Labute approximate surface area is 151 Å². The minimum Gasteiger partial charge on any atom is -0.462 e. The lowest BCUT2D eigenvalue weighted by atomic mass is 9.44. The van der Waals surface area contributed by atoms with E-state index < -0.39 is 0 Å². The zero-order valence-corrected chi connectivity index (χ0v) is 15.9. The molecule has 1 heterocycles. The minimum atomic E-state index is 0.0401. The first-order chi connectivity index (χ1) is 11.8. The molecule has 0 N–H and O–H groups in total. The molecule has 1 saturated heterocycles. The summed E-state index contributed by atoms with van der Waals surface area (Å²) >= 11 is 0. The standard InChI is InChI=1S/C22H32O3/c1-12-19-18(25-20(12)24)11-17-15-5-4-13-10-14(23)6-8-21(13,2)16(15)7-9-22(17,19)3/h12-13,15-19H,4-11H2,1-3H3. The summed E-state index contributed by atoms with van der Waals surface area (Å²) < 4.78 is 5.80. The van der Waals surface area contributed by atoms with Gasteiger partial charge in [0.2, 0.25) is 0 Å². The summed E-state index contributed by atoms with van der Waals surface area (Å²) in [7, 11) is 0. The topological polar surface area (TPSA) is 43.4 Å². The van der Waals surface area contributed by atoms with Crippen LogP contribution in [0.1, 0.15) is 72.1 Å². The van der Waals surface area contributed by atoms with Crippen molar-refractivity contribution < 1.29 is 14.3 Å². The second-order valence-corrected chi connectivity index (χ2v) is 10.5. The van der Waals surface area contributed by atoms with Crippen molar-refractivity contribution in [3.05, 3.63) is 0 Å². The Balaban J connectivity index is 1.46. The molecule has 9 atom stereocenters. The van der Waals surface area contributed by atoms with Gasteiger partial charge in [0, 0.05) is 18.8 Å². The Morgan fingerprint density at radius 1 is 1.00 bits per heavy atom. The summed E-state index contributed by atoms with van der Waals surface area (Å²) in [6.07, 6.45) is 9.09. The van der Waals surface area contributed by atoms with Crippen molar-refractivity contribution in [1.82, 2.24) is 0 Å². The SMILES string of the molecule is CC1C(=O)OC2CC3C4CCC5CC(=O)CCC5(C)C4CCC3(C)C21. The molecule has 0 aromatic heterocycles. The number of carbonyl (C=O) groups is 2. The highest BCUT2D eigenvalue weighted by Gasteiger charge is 2.66. The van der Waals surface area contributed by atoms with Crippen LogP contribution in [0.4, 0.5) is 0 Å². The fourth-order valence-corrected chi connectivity index (χ4v) is 8.49. The second-order valence-electron chi connectivity index (χ2n) is 10.5. The predicted octanol–water partition coefficient (Wildman–Crippen LogP) is 4.39. The van der Waals surface area contributed by atoms with E-state index in [9.17, 15) is 9.59 Å². The summed E-state index contributed by atoms with van der Waals surface area (Å²) in [4.78, 5) is 24.1. The minimum absolute atomic E-state index is 0.0401. The molecule has 0 bridgehead atoms. The Bertz CT molecular complexity index is 627. The number of ether oxygens (including phenoxy) is 1.